The van der Waals surface area contributed by atoms with Crippen molar-refractivity contribution in [1.29, 1.82) is 0 Å². The third kappa shape index (κ3) is 2.70. The first-order chi connectivity index (χ1) is 1.50. The molecule has 0 unspecified atom stereocenters. The smallest absolute Gasteiger partial charge is 0.377 e. The molecule has 0 spiro atoms. The summed E-state index contributed by atoms with van der Waals surface area (Å²) in [7, 11) is 0. The second-order valence-electron chi connectivity index (χ2n) is 0.612. The summed E-state index contributed by atoms with van der Waals surface area (Å²) in [4.78, 5) is 0. The first-order valence-electron chi connectivity index (χ1n) is 1.08. The molecule has 1 aliphatic heterocycles. The van der Waals surface area contributed by atoms with Crippen molar-refractivity contribution in [2.24, 2.45) is 0 Å². The summed E-state index contributed by atoms with van der Waals surface area (Å²) in [5.74, 6) is 0. The first-order valence-corrected chi connectivity index (χ1v) is 1.08. The van der Waals surface area contributed by atoms with Crippen molar-refractivity contribution in [3.63, 3.8) is 0 Å². The average Bonchev–Trinajstić information content (AvgIpc) is 1.46. The Morgan fingerprint density at radius 1 is 1.25 bits per heavy atom. The SMILES string of the molecule is C1CO1.[Ag+]. The Balaban J connectivity index is 0.0000000900. The van der Waals surface area contributed by atoms with Crippen LogP contribution in [0.15, 0.2) is 0 Å². The molecule has 4 heavy (non-hydrogen) atoms. The van der Waals surface area contributed by atoms with Crippen LogP contribution in [0.25, 0.3) is 0 Å². The second-order valence-corrected chi connectivity index (χ2v) is 0.612. The number of epoxide rings is 1. The molecule has 0 atom stereocenters. The van der Waals surface area contributed by atoms with Crippen LogP contribution in [0.1, 0.15) is 0 Å². The van der Waals surface area contributed by atoms with Crippen LogP contribution in [0.3, 0.4) is 0 Å². The predicted octanol–water partition coefficient (Wildman–Crippen LogP) is 0.0141. The Morgan fingerprint density at radius 2 is 1.50 bits per heavy atom. The maximum Gasteiger partial charge on any atom is 1.00 e. The van der Waals surface area contributed by atoms with Crippen molar-refractivity contribution in [3.05, 3.63) is 0 Å². The topological polar surface area (TPSA) is 12.5 Å². The van der Waals surface area contributed by atoms with Gasteiger partial charge in [0.15, 0.2) is 0 Å². The third-order valence-corrected chi connectivity index (χ3v) is 0.204. The zero-order valence-electron chi connectivity index (χ0n) is 2.12. The van der Waals surface area contributed by atoms with E-state index in [1.54, 1.807) is 0 Å². The number of rotatable bonds is 0. The van der Waals surface area contributed by atoms with Crippen LogP contribution in [0, 0.1) is 0 Å². The molecule has 28 valence electrons. The molecule has 1 heterocycles. The van der Waals surface area contributed by atoms with Gasteiger partial charge in [0, 0.05) is 0 Å². The fourth-order valence-electron chi connectivity index (χ4n) is 0. The van der Waals surface area contributed by atoms with Gasteiger partial charge < -0.3 is 4.74 Å². The van der Waals surface area contributed by atoms with E-state index in [1.165, 1.54) is 0 Å². The van der Waals surface area contributed by atoms with E-state index in [9.17, 15) is 0 Å². The number of hydrogen-bond acceptors (Lipinski definition) is 1. The van der Waals surface area contributed by atoms with Crippen LogP contribution >= 0.6 is 0 Å². The van der Waals surface area contributed by atoms with Crippen molar-refractivity contribution in [1.82, 2.24) is 0 Å². The molecular weight excluding hydrogens is 148 g/mol. The maximum atomic E-state index is 4.50. The molecule has 0 aromatic rings. The van der Waals surface area contributed by atoms with Crippen LogP contribution in [0.4, 0.5) is 0 Å². The van der Waals surface area contributed by atoms with E-state index in [0.29, 0.717) is 0 Å². The standard InChI is InChI=1S/C2H4O.Ag/c1-2-3-1;/h1-2H2;/q;+1. The Morgan fingerprint density at radius 3 is 1.50 bits per heavy atom. The van der Waals surface area contributed by atoms with Gasteiger partial charge in [-0.25, -0.2) is 0 Å². The van der Waals surface area contributed by atoms with Crippen LogP contribution in [-0.4, -0.2) is 13.2 Å². The van der Waals surface area contributed by atoms with E-state index >= 15 is 0 Å². The normalized spacial score (nSPS) is 18.0. The van der Waals surface area contributed by atoms with Crippen molar-refractivity contribution in [2.45, 2.75) is 0 Å². The van der Waals surface area contributed by atoms with Gasteiger partial charge in [-0.1, -0.05) is 0 Å². The fraction of sp³-hybridized carbons (Fsp3) is 1.00. The zero-order valence-corrected chi connectivity index (χ0v) is 3.61. The molecule has 1 rings (SSSR count). The maximum absolute atomic E-state index is 4.50. The van der Waals surface area contributed by atoms with Crippen molar-refractivity contribution in [3.8, 4) is 0 Å². The summed E-state index contributed by atoms with van der Waals surface area (Å²) >= 11 is 0. The molecular formula is C2H4AgO+. The van der Waals surface area contributed by atoms with Gasteiger partial charge in [0.25, 0.3) is 0 Å². The Labute approximate surface area is 40.8 Å². The van der Waals surface area contributed by atoms with Gasteiger partial charge >= 0.3 is 22.4 Å². The third-order valence-electron chi connectivity index (χ3n) is 0.204. The minimum Gasteiger partial charge on any atom is -0.377 e. The fourth-order valence-corrected chi connectivity index (χ4v) is 0. The molecule has 0 aliphatic carbocycles. The van der Waals surface area contributed by atoms with Gasteiger partial charge in [-0.05, 0) is 0 Å². The van der Waals surface area contributed by atoms with E-state index in [2.05, 4.69) is 4.74 Å². The van der Waals surface area contributed by atoms with Crippen LogP contribution in [-0.2, 0) is 27.1 Å². The van der Waals surface area contributed by atoms with E-state index in [1.807, 2.05) is 0 Å². The number of hydrogen-bond donors (Lipinski definition) is 0. The number of ether oxygens (including phenoxy) is 1. The van der Waals surface area contributed by atoms with Crippen molar-refractivity contribution in [2.75, 3.05) is 13.2 Å². The molecule has 2 heteroatoms. The van der Waals surface area contributed by atoms with Crippen LogP contribution in [0.2, 0.25) is 0 Å². The summed E-state index contributed by atoms with van der Waals surface area (Å²) in [6.45, 7) is 2.00. The van der Waals surface area contributed by atoms with Gasteiger partial charge in [-0.15, -0.1) is 0 Å². The zero-order chi connectivity index (χ0) is 2.12. The summed E-state index contributed by atoms with van der Waals surface area (Å²) in [6.07, 6.45) is 0. The molecule has 0 amide bonds. The van der Waals surface area contributed by atoms with E-state index in [-0.39, 0.29) is 22.4 Å². The average molecular weight is 152 g/mol. The first kappa shape index (κ1) is 4.70. The Bertz CT molecular complexity index is 10.8. The predicted molar refractivity (Wildman–Crippen MR) is 10.8 cm³/mol. The minimum atomic E-state index is 0. The van der Waals surface area contributed by atoms with Crippen molar-refractivity contribution < 1.29 is 27.1 Å². The Hall–Kier alpha value is 0.700. The second kappa shape index (κ2) is 1.97. The Kier molecular flexibility index (Phi) is 2.32. The molecule has 0 saturated carbocycles. The summed E-state index contributed by atoms with van der Waals surface area (Å²) in [6, 6.07) is 0. The summed E-state index contributed by atoms with van der Waals surface area (Å²) in [5.41, 5.74) is 0. The van der Waals surface area contributed by atoms with E-state index in [0.717, 1.165) is 13.2 Å². The molecule has 0 N–H and O–H groups in total. The quantitative estimate of drug-likeness (QED) is 0.352. The summed E-state index contributed by atoms with van der Waals surface area (Å²) < 4.78 is 4.50. The molecule has 1 saturated heterocycles. The van der Waals surface area contributed by atoms with Crippen molar-refractivity contribution >= 4 is 0 Å². The van der Waals surface area contributed by atoms with Crippen LogP contribution < -0.4 is 0 Å². The monoisotopic (exact) mass is 151 g/mol. The van der Waals surface area contributed by atoms with Gasteiger partial charge in [-0.2, -0.15) is 0 Å². The molecule has 1 aliphatic rings. The van der Waals surface area contributed by atoms with Gasteiger partial charge in [0.05, 0.1) is 13.2 Å². The molecule has 1 nitrogen and oxygen atoms in total. The van der Waals surface area contributed by atoms with E-state index < -0.39 is 0 Å². The molecule has 0 radical (unpaired) electrons. The van der Waals surface area contributed by atoms with E-state index in [4.69, 9.17) is 0 Å². The molecule has 0 aromatic carbocycles. The molecule has 0 aromatic heterocycles. The summed E-state index contributed by atoms with van der Waals surface area (Å²) in [5, 5.41) is 0. The van der Waals surface area contributed by atoms with Crippen LogP contribution in [0.5, 0.6) is 0 Å². The minimum absolute atomic E-state index is 0. The van der Waals surface area contributed by atoms with Gasteiger partial charge in [0.1, 0.15) is 0 Å². The largest absolute Gasteiger partial charge is 1.00 e. The molecule has 0 bridgehead atoms. The van der Waals surface area contributed by atoms with Gasteiger partial charge in [0.2, 0.25) is 0 Å². The molecule has 1 fully saturated rings. The van der Waals surface area contributed by atoms with Gasteiger partial charge in [-0.3, -0.25) is 0 Å².